The molecule has 1 amide bonds. The van der Waals surface area contributed by atoms with Gasteiger partial charge in [0.2, 0.25) is 0 Å². The number of nitrogens with zero attached hydrogens (tertiary/aromatic N) is 2. The third-order valence-corrected chi connectivity index (χ3v) is 5.87. The third-order valence-electron chi connectivity index (χ3n) is 5.87. The summed E-state index contributed by atoms with van der Waals surface area (Å²) in [6, 6.07) is 10.1. The summed E-state index contributed by atoms with van der Waals surface area (Å²) in [5.74, 6) is 1.04. The molecule has 3 aliphatic rings. The van der Waals surface area contributed by atoms with E-state index in [0.717, 1.165) is 60.5 Å². The van der Waals surface area contributed by atoms with Gasteiger partial charge in [-0.05, 0) is 36.0 Å². The molecule has 5 heteroatoms. The number of aliphatic hydroxyl groups excluding tert-OH is 1. The fourth-order valence-corrected chi connectivity index (χ4v) is 4.14. The first kappa shape index (κ1) is 19.6. The van der Waals surface area contributed by atoms with Crippen molar-refractivity contribution in [3.05, 3.63) is 70.7 Å². The number of hydrogen-bond donors (Lipinski definition) is 2. The van der Waals surface area contributed by atoms with E-state index in [1.165, 1.54) is 5.56 Å². The quantitative estimate of drug-likeness (QED) is 0.748. The molecule has 0 saturated carbocycles. The highest BCUT2D eigenvalue weighted by Crippen LogP contribution is 2.30. The number of rotatable bonds is 7. The third kappa shape index (κ3) is 4.20. The average molecular weight is 392 g/mol. The van der Waals surface area contributed by atoms with Crippen LogP contribution in [-0.4, -0.2) is 40.8 Å². The Kier molecular flexibility index (Phi) is 5.95. The monoisotopic (exact) mass is 391 g/mol. The number of allylic oxidation sites excluding steroid dienone is 3. The van der Waals surface area contributed by atoms with Gasteiger partial charge in [0, 0.05) is 6.42 Å². The van der Waals surface area contributed by atoms with Gasteiger partial charge in [-0.2, -0.15) is 0 Å². The maximum Gasteiger partial charge on any atom is 0.251 e. The molecule has 1 fully saturated rings. The number of carbonyl (C=O) groups is 1. The zero-order valence-corrected chi connectivity index (χ0v) is 17.0. The van der Waals surface area contributed by atoms with Crippen LogP contribution in [0.2, 0.25) is 0 Å². The number of benzene rings is 1. The SMILES string of the molecule is CCCCC1NC2=C(Cc3ccccc3)N=C(C3=CC=C(CO)CC3)CN2C1=O. The number of unbranched alkanes of at least 4 members (excludes halogenated alkanes) is 1. The average Bonchev–Trinajstić information content (AvgIpc) is 3.09. The molecule has 0 bridgehead atoms. The predicted molar refractivity (Wildman–Crippen MR) is 115 cm³/mol. The highest BCUT2D eigenvalue weighted by atomic mass is 16.3. The van der Waals surface area contributed by atoms with Crippen LogP contribution in [0, 0.1) is 0 Å². The molecule has 2 N–H and O–H groups in total. The minimum absolute atomic E-state index is 0.104. The zero-order chi connectivity index (χ0) is 20.2. The number of aliphatic hydroxyl groups is 1. The summed E-state index contributed by atoms with van der Waals surface area (Å²) in [5.41, 5.74) is 5.30. The van der Waals surface area contributed by atoms with Gasteiger partial charge in [-0.15, -0.1) is 0 Å². The smallest absolute Gasteiger partial charge is 0.251 e. The van der Waals surface area contributed by atoms with Gasteiger partial charge >= 0.3 is 0 Å². The largest absolute Gasteiger partial charge is 0.392 e. The summed E-state index contributed by atoms with van der Waals surface area (Å²) >= 11 is 0. The van der Waals surface area contributed by atoms with Crippen molar-refractivity contribution in [3.8, 4) is 0 Å². The zero-order valence-electron chi connectivity index (χ0n) is 17.0. The predicted octanol–water partition coefficient (Wildman–Crippen LogP) is 3.48. The minimum Gasteiger partial charge on any atom is -0.392 e. The molecule has 1 aromatic carbocycles. The van der Waals surface area contributed by atoms with Gasteiger partial charge in [-0.3, -0.25) is 14.7 Å². The Morgan fingerprint density at radius 2 is 2.03 bits per heavy atom. The number of nitrogens with one attached hydrogen (secondary N) is 1. The fourth-order valence-electron chi connectivity index (χ4n) is 4.14. The molecule has 1 aliphatic carbocycles. The summed E-state index contributed by atoms with van der Waals surface area (Å²) in [6.45, 7) is 2.78. The van der Waals surface area contributed by atoms with Crippen molar-refractivity contribution in [1.29, 1.82) is 0 Å². The van der Waals surface area contributed by atoms with Crippen LogP contribution in [-0.2, 0) is 11.2 Å². The van der Waals surface area contributed by atoms with E-state index < -0.39 is 0 Å². The molecule has 1 atom stereocenters. The Balaban J connectivity index is 1.66. The second kappa shape index (κ2) is 8.78. The topological polar surface area (TPSA) is 64.9 Å². The van der Waals surface area contributed by atoms with E-state index >= 15 is 0 Å². The van der Waals surface area contributed by atoms with Gasteiger partial charge in [-0.1, -0.05) is 62.2 Å². The Morgan fingerprint density at radius 3 is 2.72 bits per heavy atom. The molecule has 5 nitrogen and oxygen atoms in total. The molecule has 29 heavy (non-hydrogen) atoms. The Hall–Kier alpha value is -2.66. The summed E-state index contributed by atoms with van der Waals surface area (Å²) in [7, 11) is 0. The number of hydrogen-bond acceptors (Lipinski definition) is 4. The number of carbonyl (C=O) groups excluding carboxylic acids is 1. The molecule has 2 aliphatic heterocycles. The lowest BCUT2D eigenvalue weighted by molar-refractivity contribution is -0.127. The van der Waals surface area contributed by atoms with Gasteiger partial charge < -0.3 is 10.4 Å². The molecule has 0 radical (unpaired) electrons. The van der Waals surface area contributed by atoms with Crippen LogP contribution in [0.5, 0.6) is 0 Å². The molecule has 1 unspecified atom stereocenters. The highest BCUT2D eigenvalue weighted by molar-refractivity contribution is 6.06. The van der Waals surface area contributed by atoms with Crippen LogP contribution in [0.1, 0.15) is 44.6 Å². The van der Waals surface area contributed by atoms with Gasteiger partial charge in [-0.25, -0.2) is 0 Å². The normalized spacial score (nSPS) is 21.4. The van der Waals surface area contributed by atoms with E-state index in [9.17, 15) is 9.90 Å². The lowest BCUT2D eigenvalue weighted by atomic mass is 9.94. The minimum atomic E-state index is -0.147. The first-order chi connectivity index (χ1) is 14.2. The van der Waals surface area contributed by atoms with Gasteiger partial charge in [0.05, 0.1) is 24.6 Å². The standard InChI is InChI=1S/C24H29N3O2/c1-2-3-9-20-24(29)27-15-22(19-12-10-18(16-28)11-13-19)25-21(23(27)26-20)14-17-7-5-4-6-8-17/h4-8,10,12,20,26,28H,2-3,9,11,13-16H2,1H3. The molecular weight excluding hydrogens is 362 g/mol. The maximum atomic E-state index is 13.1. The van der Waals surface area contributed by atoms with Crippen molar-refractivity contribution in [2.24, 2.45) is 4.99 Å². The summed E-state index contributed by atoms with van der Waals surface area (Å²) in [4.78, 5) is 20.0. The number of aliphatic imine (C=N–C) groups is 1. The van der Waals surface area contributed by atoms with Crippen LogP contribution in [0.3, 0.4) is 0 Å². The Labute approximate surface area is 172 Å². The number of fused-ring (bicyclic) bond motifs is 1. The number of amides is 1. The van der Waals surface area contributed by atoms with E-state index in [4.69, 9.17) is 4.99 Å². The molecule has 1 aromatic rings. The van der Waals surface area contributed by atoms with E-state index in [-0.39, 0.29) is 18.6 Å². The van der Waals surface area contributed by atoms with Gasteiger partial charge in [0.15, 0.2) is 0 Å². The molecule has 1 saturated heterocycles. The van der Waals surface area contributed by atoms with Gasteiger partial charge in [0.25, 0.3) is 5.91 Å². The molecule has 0 spiro atoms. The lowest BCUT2D eigenvalue weighted by Crippen LogP contribution is -2.36. The van der Waals surface area contributed by atoms with Crippen molar-refractivity contribution in [2.75, 3.05) is 13.2 Å². The second-order valence-electron chi connectivity index (χ2n) is 7.95. The van der Waals surface area contributed by atoms with Crippen molar-refractivity contribution in [1.82, 2.24) is 10.2 Å². The Bertz CT molecular complexity index is 896. The lowest BCUT2D eigenvalue weighted by Gasteiger charge is -2.27. The van der Waals surface area contributed by atoms with E-state index in [2.05, 4.69) is 30.4 Å². The summed E-state index contributed by atoms with van der Waals surface area (Å²) in [5, 5.41) is 12.8. The first-order valence-corrected chi connectivity index (χ1v) is 10.6. The van der Waals surface area contributed by atoms with Crippen molar-refractivity contribution in [3.63, 3.8) is 0 Å². The van der Waals surface area contributed by atoms with Crippen molar-refractivity contribution in [2.45, 2.75) is 51.5 Å². The van der Waals surface area contributed by atoms with Crippen molar-refractivity contribution < 1.29 is 9.90 Å². The summed E-state index contributed by atoms with van der Waals surface area (Å²) in [6.07, 6.45) is 9.41. The molecule has 152 valence electrons. The second-order valence-corrected chi connectivity index (χ2v) is 7.95. The summed E-state index contributed by atoms with van der Waals surface area (Å²) < 4.78 is 0. The van der Waals surface area contributed by atoms with Crippen molar-refractivity contribution >= 4 is 11.6 Å². The molecule has 4 rings (SSSR count). The van der Waals surface area contributed by atoms with Gasteiger partial charge in [0.1, 0.15) is 11.9 Å². The Morgan fingerprint density at radius 1 is 1.21 bits per heavy atom. The molecule has 0 aromatic heterocycles. The van der Waals surface area contributed by atoms with Crippen LogP contribution < -0.4 is 5.32 Å². The van der Waals surface area contributed by atoms with Crippen LogP contribution in [0.4, 0.5) is 0 Å². The van der Waals surface area contributed by atoms with E-state index in [0.29, 0.717) is 13.0 Å². The van der Waals surface area contributed by atoms with E-state index in [1.807, 2.05) is 29.2 Å². The highest BCUT2D eigenvalue weighted by Gasteiger charge is 2.39. The maximum absolute atomic E-state index is 13.1. The fraction of sp³-hybridized carbons (Fsp3) is 0.417. The molecule has 2 heterocycles. The van der Waals surface area contributed by atoms with Crippen LogP contribution in [0.25, 0.3) is 0 Å². The molecular formula is C24H29N3O2. The first-order valence-electron chi connectivity index (χ1n) is 10.6. The van der Waals surface area contributed by atoms with Crippen LogP contribution >= 0.6 is 0 Å². The van der Waals surface area contributed by atoms with Crippen LogP contribution in [0.15, 0.2) is 70.1 Å². The van der Waals surface area contributed by atoms with E-state index in [1.54, 1.807) is 0 Å².